The Morgan fingerprint density at radius 1 is 1.06 bits per heavy atom. The summed E-state index contributed by atoms with van der Waals surface area (Å²) in [6.45, 7) is 3.75. The molecule has 2 saturated heterocycles. The fourth-order valence-electron chi connectivity index (χ4n) is 5.69. The third-order valence-corrected chi connectivity index (χ3v) is 7.53. The Kier molecular flexibility index (Phi) is 6.49. The van der Waals surface area contributed by atoms with Crippen LogP contribution in [0.15, 0.2) is 30.3 Å². The molecule has 0 saturated carbocycles. The van der Waals surface area contributed by atoms with Gasteiger partial charge in [-0.05, 0) is 57.1 Å². The summed E-state index contributed by atoms with van der Waals surface area (Å²) in [4.78, 5) is 41.4. The molecule has 2 aromatic rings. The molecule has 3 aliphatic rings. The SMILES string of the molecule is Cc1ccc(COC(=O)N2CCCn3nc(C(=O)N4C5CCCC4CC(C(=O)O)C5)cc3C2)cc1. The monoisotopic (exact) mass is 480 g/mol. The third kappa shape index (κ3) is 4.90. The lowest BCUT2D eigenvalue weighted by molar-refractivity contribution is -0.145. The molecule has 3 aliphatic heterocycles. The highest BCUT2D eigenvalue weighted by molar-refractivity contribution is 5.93. The Balaban J connectivity index is 1.26. The predicted octanol–water partition coefficient (Wildman–Crippen LogP) is 3.59. The Morgan fingerprint density at radius 3 is 2.46 bits per heavy atom. The van der Waals surface area contributed by atoms with Gasteiger partial charge in [0.25, 0.3) is 5.91 Å². The average molecular weight is 481 g/mol. The number of aromatic nitrogens is 2. The molecule has 2 amide bonds. The summed E-state index contributed by atoms with van der Waals surface area (Å²) in [7, 11) is 0. The van der Waals surface area contributed by atoms with Crippen LogP contribution < -0.4 is 0 Å². The summed E-state index contributed by atoms with van der Waals surface area (Å²) in [6, 6.07) is 9.57. The molecule has 1 aromatic heterocycles. The van der Waals surface area contributed by atoms with Gasteiger partial charge in [-0.15, -0.1) is 0 Å². The van der Waals surface area contributed by atoms with Crippen LogP contribution in [0.25, 0.3) is 0 Å². The first-order valence-electron chi connectivity index (χ1n) is 12.5. The Labute approximate surface area is 204 Å². The first-order valence-corrected chi connectivity index (χ1v) is 12.5. The standard InChI is InChI=1S/C26H32N4O5/c1-17-6-8-18(9-7-17)16-35-26(34)28-10-3-11-29-22(15-28)14-23(27-29)24(31)30-20-4-2-5-21(30)13-19(12-20)25(32)33/h6-9,14,19-21H,2-5,10-13,15-16H2,1H3,(H,32,33). The van der Waals surface area contributed by atoms with Crippen molar-refractivity contribution < 1.29 is 24.2 Å². The van der Waals surface area contributed by atoms with Crippen molar-refractivity contribution in [2.24, 2.45) is 5.92 Å². The molecule has 5 rings (SSSR count). The Morgan fingerprint density at radius 2 is 1.77 bits per heavy atom. The second kappa shape index (κ2) is 9.71. The van der Waals surface area contributed by atoms with Gasteiger partial charge in [0.2, 0.25) is 0 Å². The highest BCUT2D eigenvalue weighted by Gasteiger charge is 2.43. The fourth-order valence-corrected chi connectivity index (χ4v) is 5.69. The van der Waals surface area contributed by atoms with E-state index in [0.29, 0.717) is 38.2 Å². The van der Waals surface area contributed by atoms with E-state index in [0.717, 1.165) is 42.5 Å². The van der Waals surface area contributed by atoms with Gasteiger partial charge in [0, 0.05) is 25.2 Å². The number of amides is 2. The molecule has 0 spiro atoms. The van der Waals surface area contributed by atoms with Gasteiger partial charge >= 0.3 is 12.1 Å². The molecule has 1 aromatic carbocycles. The van der Waals surface area contributed by atoms with Crippen LogP contribution in [0.1, 0.15) is 65.8 Å². The summed E-state index contributed by atoms with van der Waals surface area (Å²) < 4.78 is 7.36. The van der Waals surface area contributed by atoms with E-state index in [9.17, 15) is 19.5 Å². The topological polar surface area (TPSA) is 105 Å². The van der Waals surface area contributed by atoms with Crippen molar-refractivity contribution in [1.29, 1.82) is 0 Å². The minimum Gasteiger partial charge on any atom is -0.481 e. The molecular formula is C26H32N4O5. The van der Waals surface area contributed by atoms with Crippen molar-refractivity contribution in [3.05, 3.63) is 52.8 Å². The van der Waals surface area contributed by atoms with E-state index in [-0.39, 0.29) is 36.6 Å². The molecule has 9 nitrogen and oxygen atoms in total. The van der Waals surface area contributed by atoms with E-state index in [1.54, 1.807) is 11.0 Å². The minimum absolute atomic E-state index is 0.0501. The van der Waals surface area contributed by atoms with E-state index in [2.05, 4.69) is 5.10 Å². The first-order chi connectivity index (χ1) is 16.9. The highest BCUT2D eigenvalue weighted by atomic mass is 16.6. The van der Waals surface area contributed by atoms with Gasteiger partial charge in [0.1, 0.15) is 6.61 Å². The number of hydrogen-bond acceptors (Lipinski definition) is 5. The van der Waals surface area contributed by atoms with Gasteiger partial charge in [0.15, 0.2) is 5.69 Å². The lowest BCUT2D eigenvalue weighted by Crippen LogP contribution is -2.55. The lowest BCUT2D eigenvalue weighted by atomic mass is 9.78. The number of benzene rings is 1. The molecule has 1 N–H and O–H groups in total. The number of carboxylic acids is 1. The van der Waals surface area contributed by atoms with Crippen LogP contribution in [-0.4, -0.2) is 61.3 Å². The number of carbonyl (C=O) groups excluding carboxylic acids is 2. The fraction of sp³-hybridized carbons (Fsp3) is 0.538. The summed E-state index contributed by atoms with van der Waals surface area (Å²) in [6.07, 6.45) is 4.04. The zero-order chi connectivity index (χ0) is 24.5. The number of carboxylic acid groups (broad SMARTS) is 1. The summed E-state index contributed by atoms with van der Waals surface area (Å²) >= 11 is 0. The Hall–Kier alpha value is -3.36. The second-order valence-electron chi connectivity index (χ2n) is 10.0. The number of carbonyl (C=O) groups is 3. The molecule has 2 bridgehead atoms. The second-order valence-corrected chi connectivity index (χ2v) is 10.0. The molecular weight excluding hydrogens is 448 g/mol. The van der Waals surface area contributed by atoms with Crippen LogP contribution >= 0.6 is 0 Å². The largest absolute Gasteiger partial charge is 0.481 e. The molecule has 35 heavy (non-hydrogen) atoms. The van der Waals surface area contributed by atoms with Crippen LogP contribution in [0.5, 0.6) is 0 Å². The van der Waals surface area contributed by atoms with E-state index >= 15 is 0 Å². The molecule has 186 valence electrons. The van der Waals surface area contributed by atoms with Crippen molar-refractivity contribution in [1.82, 2.24) is 19.6 Å². The average Bonchev–Trinajstić information content (AvgIpc) is 3.13. The van der Waals surface area contributed by atoms with Crippen molar-refractivity contribution in [2.45, 2.75) is 77.2 Å². The quantitative estimate of drug-likeness (QED) is 0.717. The molecule has 2 fully saturated rings. The zero-order valence-corrected chi connectivity index (χ0v) is 20.1. The number of fused-ring (bicyclic) bond motifs is 3. The van der Waals surface area contributed by atoms with Gasteiger partial charge in [-0.25, -0.2) is 4.79 Å². The van der Waals surface area contributed by atoms with Crippen LogP contribution in [-0.2, 0) is 29.2 Å². The maximum atomic E-state index is 13.5. The van der Waals surface area contributed by atoms with Crippen LogP contribution in [0.3, 0.4) is 0 Å². The number of hydrogen-bond donors (Lipinski definition) is 1. The predicted molar refractivity (Wildman–Crippen MR) is 127 cm³/mol. The number of rotatable bonds is 4. The molecule has 2 atom stereocenters. The summed E-state index contributed by atoms with van der Waals surface area (Å²) in [5.41, 5.74) is 3.28. The molecule has 0 aliphatic carbocycles. The molecule has 4 heterocycles. The first kappa shape index (κ1) is 23.4. The summed E-state index contributed by atoms with van der Waals surface area (Å²) in [5.74, 6) is -1.28. The number of nitrogens with zero attached hydrogens (tertiary/aromatic N) is 4. The van der Waals surface area contributed by atoms with E-state index < -0.39 is 5.97 Å². The normalized spacial score (nSPS) is 23.9. The van der Waals surface area contributed by atoms with Crippen LogP contribution in [0.2, 0.25) is 0 Å². The van der Waals surface area contributed by atoms with E-state index in [4.69, 9.17) is 4.74 Å². The molecule has 2 unspecified atom stereocenters. The van der Waals surface area contributed by atoms with Gasteiger partial charge in [-0.2, -0.15) is 5.10 Å². The van der Waals surface area contributed by atoms with Crippen molar-refractivity contribution in [3.8, 4) is 0 Å². The van der Waals surface area contributed by atoms with E-state index in [1.165, 1.54) is 0 Å². The minimum atomic E-state index is -0.767. The molecule has 0 radical (unpaired) electrons. The molecule has 9 heteroatoms. The maximum absolute atomic E-state index is 13.5. The van der Waals surface area contributed by atoms with Crippen LogP contribution in [0.4, 0.5) is 4.79 Å². The van der Waals surface area contributed by atoms with Crippen molar-refractivity contribution >= 4 is 18.0 Å². The zero-order valence-electron chi connectivity index (χ0n) is 20.1. The maximum Gasteiger partial charge on any atom is 0.410 e. The van der Waals surface area contributed by atoms with Gasteiger partial charge in [-0.1, -0.05) is 29.8 Å². The third-order valence-electron chi connectivity index (χ3n) is 7.53. The number of aliphatic carboxylic acids is 1. The van der Waals surface area contributed by atoms with Gasteiger partial charge < -0.3 is 19.6 Å². The Bertz CT molecular complexity index is 1100. The van der Waals surface area contributed by atoms with E-state index in [1.807, 2.05) is 40.8 Å². The van der Waals surface area contributed by atoms with Gasteiger partial charge in [0.05, 0.1) is 18.2 Å². The van der Waals surface area contributed by atoms with Gasteiger partial charge in [-0.3, -0.25) is 14.3 Å². The number of ether oxygens (including phenoxy) is 1. The van der Waals surface area contributed by atoms with Crippen LogP contribution in [0, 0.1) is 12.8 Å². The van der Waals surface area contributed by atoms with Crippen molar-refractivity contribution in [3.63, 3.8) is 0 Å². The van der Waals surface area contributed by atoms with Crippen molar-refractivity contribution in [2.75, 3.05) is 6.54 Å². The lowest BCUT2D eigenvalue weighted by Gasteiger charge is -2.47. The number of piperidine rings is 2. The highest BCUT2D eigenvalue weighted by Crippen LogP contribution is 2.38. The summed E-state index contributed by atoms with van der Waals surface area (Å²) in [5, 5.41) is 14.1. The number of aryl methyl sites for hydroxylation is 2. The smallest absolute Gasteiger partial charge is 0.410 e.